The van der Waals surface area contributed by atoms with Crippen molar-refractivity contribution in [3.63, 3.8) is 0 Å². The summed E-state index contributed by atoms with van der Waals surface area (Å²) >= 11 is 0. The molecule has 0 spiro atoms. The molecule has 1 aromatic carbocycles. The van der Waals surface area contributed by atoms with E-state index >= 15 is 0 Å². The van der Waals surface area contributed by atoms with Gasteiger partial charge < -0.3 is 5.32 Å². The molecule has 0 amide bonds. The van der Waals surface area contributed by atoms with Gasteiger partial charge >= 0.3 is 0 Å². The molecule has 16 heavy (non-hydrogen) atoms. The fourth-order valence-electron chi connectivity index (χ4n) is 2.43. The number of hydrogen-bond acceptors (Lipinski definition) is 1. The molecule has 1 nitrogen and oxygen atoms in total. The summed E-state index contributed by atoms with van der Waals surface area (Å²) in [5.74, 6) is -1.06. The largest absolute Gasteiger partial charge is 0.382 e. The van der Waals surface area contributed by atoms with Crippen molar-refractivity contribution in [1.29, 1.82) is 0 Å². The van der Waals surface area contributed by atoms with Crippen LogP contribution in [0.5, 0.6) is 0 Å². The lowest BCUT2D eigenvalue weighted by Crippen LogP contribution is -2.17. The van der Waals surface area contributed by atoms with Crippen LogP contribution in [-0.2, 0) is 0 Å². The van der Waals surface area contributed by atoms with E-state index in [4.69, 9.17) is 0 Å². The second kappa shape index (κ2) is 4.04. The van der Waals surface area contributed by atoms with Crippen molar-refractivity contribution in [2.24, 2.45) is 5.41 Å². The van der Waals surface area contributed by atoms with Crippen molar-refractivity contribution in [2.75, 3.05) is 5.32 Å². The van der Waals surface area contributed by atoms with Gasteiger partial charge in [-0.2, -0.15) is 0 Å². The van der Waals surface area contributed by atoms with Crippen molar-refractivity contribution in [3.8, 4) is 0 Å². The molecule has 0 aromatic heterocycles. The topological polar surface area (TPSA) is 12.0 Å². The Bertz CT molecular complexity index is 367. The molecule has 0 bridgehead atoms. The number of anilines is 1. The predicted molar refractivity (Wildman–Crippen MR) is 61.4 cm³/mol. The van der Waals surface area contributed by atoms with E-state index in [2.05, 4.69) is 19.2 Å². The Balaban J connectivity index is 2.05. The summed E-state index contributed by atoms with van der Waals surface area (Å²) in [5, 5.41) is 3.20. The molecule has 0 heterocycles. The zero-order valence-electron chi connectivity index (χ0n) is 9.69. The Hall–Kier alpha value is -1.12. The van der Waals surface area contributed by atoms with Gasteiger partial charge in [-0.15, -0.1) is 0 Å². The highest BCUT2D eigenvalue weighted by molar-refractivity contribution is 5.44. The Morgan fingerprint density at radius 1 is 1.19 bits per heavy atom. The van der Waals surface area contributed by atoms with Crippen LogP contribution in [0.25, 0.3) is 0 Å². The van der Waals surface area contributed by atoms with Crippen molar-refractivity contribution in [3.05, 3.63) is 29.8 Å². The molecule has 3 heteroatoms. The van der Waals surface area contributed by atoms with E-state index in [9.17, 15) is 8.78 Å². The number of nitrogens with one attached hydrogen (secondary N) is 1. The van der Waals surface area contributed by atoms with E-state index in [0.717, 1.165) is 25.3 Å². The van der Waals surface area contributed by atoms with Crippen molar-refractivity contribution >= 4 is 5.69 Å². The Labute approximate surface area is 94.9 Å². The number of rotatable bonds is 2. The van der Waals surface area contributed by atoms with Gasteiger partial charge in [-0.3, -0.25) is 0 Å². The molecule has 1 unspecified atom stereocenters. The number of hydrogen-bond donors (Lipinski definition) is 1. The van der Waals surface area contributed by atoms with Gasteiger partial charge in [0.25, 0.3) is 0 Å². The first kappa shape index (κ1) is 11.4. The van der Waals surface area contributed by atoms with Crippen LogP contribution in [0.4, 0.5) is 14.5 Å². The number of benzene rings is 1. The SMILES string of the molecule is CC1(C)CCC(Nc2cc(F)cc(F)c2)C1. The number of halogens is 2. The molecular formula is C13H17F2N. The molecule has 1 aliphatic carbocycles. The van der Waals surface area contributed by atoms with Crippen LogP contribution in [0.1, 0.15) is 33.1 Å². The van der Waals surface area contributed by atoms with Gasteiger partial charge in [-0.1, -0.05) is 13.8 Å². The summed E-state index contributed by atoms with van der Waals surface area (Å²) in [5.41, 5.74) is 0.879. The Kier molecular flexibility index (Phi) is 2.87. The standard InChI is InChI=1S/C13H17F2N/c1-13(2)4-3-11(8-13)16-12-6-9(14)5-10(15)7-12/h5-7,11,16H,3-4,8H2,1-2H3. The Morgan fingerprint density at radius 2 is 1.81 bits per heavy atom. The molecule has 1 aliphatic rings. The van der Waals surface area contributed by atoms with Crippen LogP contribution in [0.2, 0.25) is 0 Å². The average molecular weight is 225 g/mol. The summed E-state index contributed by atoms with van der Waals surface area (Å²) in [6.07, 6.45) is 3.26. The molecule has 1 fully saturated rings. The molecule has 88 valence electrons. The maximum atomic E-state index is 13.0. The zero-order valence-corrected chi connectivity index (χ0v) is 9.69. The summed E-state index contributed by atoms with van der Waals surface area (Å²) in [7, 11) is 0. The van der Waals surface area contributed by atoms with Crippen molar-refractivity contribution in [2.45, 2.75) is 39.2 Å². The first-order chi connectivity index (χ1) is 7.44. The second-order valence-electron chi connectivity index (χ2n) is 5.41. The minimum Gasteiger partial charge on any atom is -0.382 e. The van der Waals surface area contributed by atoms with E-state index in [0.29, 0.717) is 17.1 Å². The van der Waals surface area contributed by atoms with E-state index < -0.39 is 11.6 Å². The minimum atomic E-state index is -0.528. The smallest absolute Gasteiger partial charge is 0.128 e. The average Bonchev–Trinajstić information content (AvgIpc) is 2.43. The third-order valence-corrected chi connectivity index (χ3v) is 3.20. The quantitative estimate of drug-likeness (QED) is 0.803. The third-order valence-electron chi connectivity index (χ3n) is 3.20. The highest BCUT2D eigenvalue weighted by atomic mass is 19.1. The van der Waals surface area contributed by atoms with Gasteiger partial charge in [0.1, 0.15) is 11.6 Å². The van der Waals surface area contributed by atoms with Crippen molar-refractivity contribution < 1.29 is 8.78 Å². The van der Waals surface area contributed by atoms with Crippen LogP contribution in [0.3, 0.4) is 0 Å². The molecule has 0 radical (unpaired) electrons. The predicted octanol–water partition coefficient (Wildman–Crippen LogP) is 3.96. The van der Waals surface area contributed by atoms with Crippen LogP contribution >= 0.6 is 0 Å². The van der Waals surface area contributed by atoms with Gasteiger partial charge in [-0.25, -0.2) is 8.78 Å². The second-order valence-corrected chi connectivity index (χ2v) is 5.41. The molecule has 0 aliphatic heterocycles. The zero-order chi connectivity index (χ0) is 11.8. The molecule has 1 aromatic rings. The van der Waals surface area contributed by atoms with E-state index in [1.807, 2.05) is 0 Å². The van der Waals surface area contributed by atoms with Crippen molar-refractivity contribution in [1.82, 2.24) is 0 Å². The third kappa shape index (κ3) is 2.71. The maximum Gasteiger partial charge on any atom is 0.128 e. The van der Waals surface area contributed by atoms with E-state index in [-0.39, 0.29) is 0 Å². The molecular weight excluding hydrogens is 208 g/mol. The van der Waals surface area contributed by atoms with Crippen LogP contribution in [0.15, 0.2) is 18.2 Å². The first-order valence-electron chi connectivity index (χ1n) is 5.67. The fraction of sp³-hybridized carbons (Fsp3) is 0.538. The lowest BCUT2D eigenvalue weighted by molar-refractivity contribution is 0.378. The molecule has 1 atom stereocenters. The van der Waals surface area contributed by atoms with E-state index in [1.54, 1.807) is 0 Å². The van der Waals surface area contributed by atoms with Crippen LogP contribution < -0.4 is 5.32 Å². The summed E-state index contributed by atoms with van der Waals surface area (Å²) < 4.78 is 25.9. The normalized spacial score (nSPS) is 23.4. The molecule has 2 rings (SSSR count). The van der Waals surface area contributed by atoms with Gasteiger partial charge in [0.2, 0.25) is 0 Å². The summed E-state index contributed by atoms with van der Waals surface area (Å²) in [4.78, 5) is 0. The van der Waals surface area contributed by atoms with Gasteiger partial charge in [-0.05, 0) is 36.8 Å². The molecule has 0 saturated heterocycles. The monoisotopic (exact) mass is 225 g/mol. The summed E-state index contributed by atoms with van der Waals surface area (Å²) in [6, 6.07) is 3.91. The lowest BCUT2D eigenvalue weighted by atomic mass is 9.92. The van der Waals surface area contributed by atoms with Gasteiger partial charge in [0, 0.05) is 17.8 Å². The van der Waals surface area contributed by atoms with E-state index in [1.165, 1.54) is 12.1 Å². The van der Waals surface area contributed by atoms with Crippen LogP contribution in [-0.4, -0.2) is 6.04 Å². The maximum absolute atomic E-state index is 13.0. The summed E-state index contributed by atoms with van der Waals surface area (Å²) in [6.45, 7) is 4.45. The van der Waals surface area contributed by atoms with Gasteiger partial charge in [0.15, 0.2) is 0 Å². The minimum absolute atomic E-state index is 0.330. The highest BCUT2D eigenvalue weighted by Gasteiger charge is 2.30. The fourth-order valence-corrected chi connectivity index (χ4v) is 2.43. The Morgan fingerprint density at radius 3 is 2.31 bits per heavy atom. The van der Waals surface area contributed by atoms with Crippen LogP contribution in [0, 0.1) is 17.0 Å². The highest BCUT2D eigenvalue weighted by Crippen LogP contribution is 2.38. The molecule has 1 saturated carbocycles. The lowest BCUT2D eigenvalue weighted by Gasteiger charge is -2.18. The van der Waals surface area contributed by atoms with Gasteiger partial charge in [0.05, 0.1) is 0 Å². The molecule has 1 N–H and O–H groups in total. The first-order valence-corrected chi connectivity index (χ1v) is 5.67.